The molecule has 1 heterocycles. The van der Waals surface area contributed by atoms with Gasteiger partial charge in [0.05, 0.1) is 34.1 Å². The number of ether oxygens (including phenoxy) is 4. The van der Waals surface area contributed by atoms with Crippen LogP contribution < -0.4 is 9.47 Å². The number of rotatable bonds is 4. The van der Waals surface area contributed by atoms with Crippen molar-refractivity contribution in [3.05, 3.63) is 23.3 Å². The van der Waals surface area contributed by atoms with E-state index in [1.54, 1.807) is 18.2 Å². The molecule has 0 spiro atoms. The van der Waals surface area contributed by atoms with Crippen molar-refractivity contribution in [1.82, 2.24) is 0 Å². The molecular weight excluding hydrogens is 302 g/mol. The van der Waals surface area contributed by atoms with Gasteiger partial charge in [-0.05, 0) is 18.2 Å². The first-order valence-electron chi connectivity index (χ1n) is 6.75. The van der Waals surface area contributed by atoms with Gasteiger partial charge in [0.1, 0.15) is 5.71 Å². The Kier molecular flexibility index (Phi) is 5.00. The number of methoxy groups -OCH3 is 4. The molecule has 122 valence electrons. The Morgan fingerprint density at radius 1 is 1.00 bits per heavy atom. The summed E-state index contributed by atoms with van der Waals surface area (Å²) in [4.78, 5) is 28.2. The molecule has 0 fully saturated rings. The molecule has 1 aromatic rings. The van der Waals surface area contributed by atoms with E-state index in [1.165, 1.54) is 28.4 Å². The summed E-state index contributed by atoms with van der Waals surface area (Å²) in [5.74, 6) is -0.258. The minimum atomic E-state index is -0.609. The van der Waals surface area contributed by atoms with Crippen LogP contribution >= 0.6 is 0 Å². The number of aliphatic imine (C=N–C) groups is 1. The Bertz CT molecular complexity index is 705. The van der Waals surface area contributed by atoms with Gasteiger partial charge in [0.25, 0.3) is 0 Å². The Morgan fingerprint density at radius 2 is 1.70 bits per heavy atom. The van der Waals surface area contributed by atoms with Crippen molar-refractivity contribution >= 4 is 29.4 Å². The number of benzene rings is 1. The minimum Gasteiger partial charge on any atom is -0.493 e. The molecule has 1 aromatic carbocycles. The molecule has 0 saturated heterocycles. The number of hydrogen-bond donors (Lipinski definition) is 0. The van der Waals surface area contributed by atoms with E-state index >= 15 is 0 Å². The zero-order chi connectivity index (χ0) is 17.0. The zero-order valence-corrected chi connectivity index (χ0v) is 13.3. The highest BCUT2D eigenvalue weighted by molar-refractivity contribution is 6.38. The van der Waals surface area contributed by atoms with Crippen LogP contribution in [0.5, 0.6) is 11.5 Å². The van der Waals surface area contributed by atoms with E-state index in [9.17, 15) is 9.59 Å². The largest absolute Gasteiger partial charge is 0.493 e. The second-order valence-corrected chi connectivity index (χ2v) is 4.62. The van der Waals surface area contributed by atoms with Crippen LogP contribution in [0.1, 0.15) is 12.0 Å². The van der Waals surface area contributed by atoms with Crippen LogP contribution in [0.3, 0.4) is 0 Å². The highest BCUT2D eigenvalue weighted by atomic mass is 16.5. The van der Waals surface area contributed by atoms with Gasteiger partial charge in [-0.25, -0.2) is 14.6 Å². The molecule has 23 heavy (non-hydrogen) atoms. The Balaban J connectivity index is 2.71. The van der Waals surface area contributed by atoms with Gasteiger partial charge in [-0.15, -0.1) is 0 Å². The summed E-state index contributed by atoms with van der Waals surface area (Å²) >= 11 is 0. The molecule has 0 N–H and O–H groups in total. The van der Waals surface area contributed by atoms with Crippen molar-refractivity contribution in [3.63, 3.8) is 0 Å². The summed E-state index contributed by atoms with van der Waals surface area (Å²) in [6, 6.07) is 3.35. The highest BCUT2D eigenvalue weighted by Gasteiger charge is 2.25. The number of hydrogen-bond acceptors (Lipinski definition) is 7. The fourth-order valence-corrected chi connectivity index (χ4v) is 2.27. The smallest absolute Gasteiger partial charge is 0.352 e. The lowest BCUT2D eigenvalue weighted by Crippen LogP contribution is -2.18. The Hall–Kier alpha value is -2.83. The summed E-state index contributed by atoms with van der Waals surface area (Å²) in [7, 11) is 5.52. The molecular formula is C16H17NO6. The van der Waals surface area contributed by atoms with Gasteiger partial charge in [-0.2, -0.15) is 0 Å². The first-order valence-corrected chi connectivity index (χ1v) is 6.75. The molecule has 2 rings (SSSR count). The summed E-state index contributed by atoms with van der Waals surface area (Å²) in [6.07, 6.45) is 1.58. The van der Waals surface area contributed by atoms with Crippen molar-refractivity contribution in [3.8, 4) is 11.5 Å². The van der Waals surface area contributed by atoms with Gasteiger partial charge in [0, 0.05) is 17.6 Å². The fraction of sp³-hybridized carbons (Fsp3) is 0.312. The van der Waals surface area contributed by atoms with E-state index in [2.05, 4.69) is 4.99 Å². The minimum absolute atomic E-state index is 0.000500. The van der Waals surface area contributed by atoms with Crippen LogP contribution in [-0.4, -0.2) is 46.1 Å². The molecule has 7 nitrogen and oxygen atoms in total. The van der Waals surface area contributed by atoms with E-state index in [4.69, 9.17) is 18.9 Å². The molecule has 0 aromatic heterocycles. The summed E-state index contributed by atoms with van der Waals surface area (Å²) in [5.41, 5.74) is 1.38. The molecule has 0 saturated carbocycles. The van der Waals surface area contributed by atoms with Crippen LogP contribution in [0.2, 0.25) is 0 Å². The first-order chi connectivity index (χ1) is 11.0. The van der Waals surface area contributed by atoms with Crippen LogP contribution in [0, 0.1) is 0 Å². The van der Waals surface area contributed by atoms with Gasteiger partial charge >= 0.3 is 11.9 Å². The third kappa shape index (κ3) is 3.18. The van der Waals surface area contributed by atoms with Gasteiger partial charge < -0.3 is 18.9 Å². The molecule has 1 aliphatic heterocycles. The fourth-order valence-electron chi connectivity index (χ4n) is 2.27. The molecule has 0 aliphatic carbocycles. The van der Waals surface area contributed by atoms with E-state index < -0.39 is 11.9 Å². The number of carbonyl (C=O) groups excluding carboxylic acids is 2. The standard InChI is InChI=1S/C16H17NO6/c1-20-13-6-5-11-10(14(13)21-2)7-9(15(18)22-3)8-12(17-11)16(19)23-4/h5-7H,8H2,1-4H3. The monoisotopic (exact) mass is 319 g/mol. The number of esters is 2. The van der Waals surface area contributed by atoms with E-state index in [0.29, 0.717) is 22.7 Å². The lowest BCUT2D eigenvalue weighted by molar-refractivity contribution is -0.136. The maximum atomic E-state index is 12.0. The lowest BCUT2D eigenvalue weighted by Gasteiger charge is -2.12. The molecule has 7 heteroatoms. The van der Waals surface area contributed by atoms with E-state index in [-0.39, 0.29) is 17.7 Å². The highest BCUT2D eigenvalue weighted by Crippen LogP contribution is 2.40. The Labute approximate surface area is 133 Å². The number of fused-ring (bicyclic) bond motifs is 1. The third-order valence-electron chi connectivity index (χ3n) is 3.36. The first kappa shape index (κ1) is 16.5. The average Bonchev–Trinajstić information content (AvgIpc) is 2.78. The summed E-state index contributed by atoms with van der Waals surface area (Å²) < 4.78 is 20.1. The molecule has 0 radical (unpaired) electrons. The Morgan fingerprint density at radius 3 is 2.26 bits per heavy atom. The molecule has 0 unspecified atom stereocenters. The maximum Gasteiger partial charge on any atom is 0.352 e. The van der Waals surface area contributed by atoms with E-state index in [1.807, 2.05) is 0 Å². The summed E-state index contributed by atoms with van der Waals surface area (Å²) in [6.45, 7) is 0. The second kappa shape index (κ2) is 6.95. The predicted molar refractivity (Wildman–Crippen MR) is 83.3 cm³/mol. The summed E-state index contributed by atoms with van der Waals surface area (Å²) in [5, 5.41) is 0. The molecule has 1 aliphatic rings. The number of carbonyl (C=O) groups is 2. The van der Waals surface area contributed by atoms with Crippen LogP contribution in [0.4, 0.5) is 5.69 Å². The average molecular weight is 319 g/mol. The van der Waals surface area contributed by atoms with Crippen molar-refractivity contribution in [2.24, 2.45) is 4.99 Å². The van der Waals surface area contributed by atoms with E-state index in [0.717, 1.165) is 0 Å². The second-order valence-electron chi connectivity index (χ2n) is 4.62. The molecule has 0 bridgehead atoms. The van der Waals surface area contributed by atoms with Crippen molar-refractivity contribution in [2.75, 3.05) is 28.4 Å². The lowest BCUT2D eigenvalue weighted by atomic mass is 10.0. The van der Waals surface area contributed by atoms with Gasteiger partial charge in [-0.1, -0.05) is 0 Å². The van der Waals surface area contributed by atoms with Crippen LogP contribution in [0.25, 0.3) is 6.08 Å². The van der Waals surface area contributed by atoms with Gasteiger partial charge in [0.2, 0.25) is 0 Å². The van der Waals surface area contributed by atoms with Gasteiger partial charge in [0.15, 0.2) is 11.5 Å². The topological polar surface area (TPSA) is 83.4 Å². The molecule has 0 amide bonds. The van der Waals surface area contributed by atoms with Crippen LogP contribution in [0.15, 0.2) is 22.7 Å². The number of nitrogens with zero attached hydrogens (tertiary/aromatic N) is 1. The third-order valence-corrected chi connectivity index (χ3v) is 3.36. The van der Waals surface area contributed by atoms with Crippen molar-refractivity contribution in [2.45, 2.75) is 6.42 Å². The maximum absolute atomic E-state index is 12.0. The zero-order valence-electron chi connectivity index (χ0n) is 13.3. The predicted octanol–water partition coefficient (Wildman–Crippen LogP) is 1.91. The van der Waals surface area contributed by atoms with Gasteiger partial charge in [-0.3, -0.25) is 0 Å². The molecule has 0 atom stereocenters. The van der Waals surface area contributed by atoms with Crippen molar-refractivity contribution < 1.29 is 28.5 Å². The SMILES string of the molecule is COC(=O)C1=Cc2c(ccc(OC)c2OC)N=C(C(=O)OC)C1. The van der Waals surface area contributed by atoms with Crippen molar-refractivity contribution in [1.29, 1.82) is 0 Å². The van der Waals surface area contributed by atoms with Crippen LogP contribution in [-0.2, 0) is 19.1 Å². The quantitative estimate of drug-likeness (QED) is 0.788. The normalized spacial score (nSPS) is 13.0.